The third-order valence-corrected chi connectivity index (χ3v) is 7.70. The number of hydrogen-bond acceptors (Lipinski definition) is 4. The maximum absolute atomic E-state index is 13.7. The van der Waals surface area contributed by atoms with Crippen molar-refractivity contribution in [2.45, 2.75) is 20.5 Å². The van der Waals surface area contributed by atoms with E-state index in [1.165, 1.54) is 18.2 Å². The number of thiocarbonyl (C=S) groups is 1. The van der Waals surface area contributed by atoms with Crippen LogP contribution in [-0.4, -0.2) is 21.5 Å². The van der Waals surface area contributed by atoms with Crippen molar-refractivity contribution < 1.29 is 18.7 Å². The van der Waals surface area contributed by atoms with E-state index in [1.54, 1.807) is 12.1 Å². The van der Waals surface area contributed by atoms with Gasteiger partial charge in [-0.25, -0.2) is 4.39 Å². The first-order valence-corrected chi connectivity index (χ1v) is 13.8. The average molecular weight is 629 g/mol. The van der Waals surface area contributed by atoms with Gasteiger partial charge in [0.1, 0.15) is 23.7 Å². The summed E-state index contributed by atoms with van der Waals surface area (Å²) in [5.41, 5.74) is 4.16. The minimum absolute atomic E-state index is 0.120. The quantitative estimate of drug-likeness (QED) is 0.136. The molecule has 0 spiro atoms. The molecule has 5 rings (SSSR count). The summed E-state index contributed by atoms with van der Waals surface area (Å²) in [4.78, 5) is 27.3. The van der Waals surface area contributed by atoms with Crippen LogP contribution in [-0.2, 0) is 16.2 Å². The molecule has 41 heavy (non-hydrogen) atoms. The summed E-state index contributed by atoms with van der Waals surface area (Å²) in [7, 11) is 0. The first-order chi connectivity index (χ1) is 19.5. The summed E-state index contributed by atoms with van der Waals surface area (Å²) in [5.74, 6) is -1.25. The van der Waals surface area contributed by atoms with E-state index in [0.29, 0.717) is 21.4 Å². The molecule has 1 aliphatic heterocycles. The molecule has 2 amide bonds. The normalized spacial score (nSPS) is 14.5. The lowest BCUT2D eigenvalue weighted by Gasteiger charge is -2.29. The van der Waals surface area contributed by atoms with Gasteiger partial charge in [0.2, 0.25) is 0 Å². The van der Waals surface area contributed by atoms with Crippen molar-refractivity contribution in [3.05, 3.63) is 116 Å². The van der Waals surface area contributed by atoms with E-state index in [9.17, 15) is 14.0 Å². The Morgan fingerprint density at radius 2 is 1.63 bits per heavy atom. The summed E-state index contributed by atoms with van der Waals surface area (Å²) in [5, 5.41) is 3.33. The molecule has 6 nitrogen and oxygen atoms in total. The largest absolute Gasteiger partial charge is 0.489 e. The van der Waals surface area contributed by atoms with Gasteiger partial charge in [-0.2, -0.15) is 0 Å². The molecule has 1 aromatic heterocycles. The van der Waals surface area contributed by atoms with Crippen LogP contribution in [0.4, 0.5) is 10.1 Å². The number of ether oxygens (including phenoxy) is 1. The second kappa shape index (κ2) is 11.7. The van der Waals surface area contributed by atoms with Gasteiger partial charge < -0.3 is 9.30 Å². The molecule has 0 atom stereocenters. The molecule has 0 radical (unpaired) electrons. The van der Waals surface area contributed by atoms with Crippen LogP contribution in [0, 0.1) is 19.7 Å². The van der Waals surface area contributed by atoms with Crippen LogP contribution in [0.5, 0.6) is 5.75 Å². The van der Waals surface area contributed by atoms with Crippen LogP contribution >= 0.6 is 47.0 Å². The molecule has 4 aromatic rings. The molecule has 2 heterocycles. The number of nitrogens with zero attached hydrogens (tertiary/aromatic N) is 2. The zero-order chi connectivity index (χ0) is 29.4. The number of hydrogen-bond donors (Lipinski definition) is 1. The molecule has 1 saturated heterocycles. The molecular formula is C30H21Cl3FN3O3S. The fourth-order valence-electron chi connectivity index (χ4n) is 4.49. The fourth-order valence-corrected chi connectivity index (χ4v) is 5.41. The first-order valence-electron chi connectivity index (χ1n) is 12.3. The Hall–Kier alpha value is -3.69. The van der Waals surface area contributed by atoms with Crippen LogP contribution in [0.3, 0.4) is 0 Å². The van der Waals surface area contributed by atoms with Gasteiger partial charge >= 0.3 is 0 Å². The summed E-state index contributed by atoms with van der Waals surface area (Å²) in [6.07, 6.45) is 1.52. The van der Waals surface area contributed by atoms with E-state index in [4.69, 9.17) is 51.8 Å². The summed E-state index contributed by atoms with van der Waals surface area (Å²) >= 11 is 23.3. The molecule has 0 bridgehead atoms. The minimum Gasteiger partial charge on any atom is -0.489 e. The molecule has 0 unspecified atom stereocenters. The lowest BCUT2D eigenvalue weighted by molar-refractivity contribution is -0.122. The Morgan fingerprint density at radius 3 is 2.32 bits per heavy atom. The Balaban J connectivity index is 1.39. The van der Waals surface area contributed by atoms with Gasteiger partial charge in [-0.3, -0.25) is 19.8 Å². The highest BCUT2D eigenvalue weighted by molar-refractivity contribution is 7.80. The highest BCUT2D eigenvalue weighted by atomic mass is 35.5. The predicted molar refractivity (Wildman–Crippen MR) is 164 cm³/mol. The van der Waals surface area contributed by atoms with Crippen molar-refractivity contribution in [1.29, 1.82) is 0 Å². The van der Waals surface area contributed by atoms with Gasteiger partial charge in [0.15, 0.2) is 5.11 Å². The highest BCUT2D eigenvalue weighted by Gasteiger charge is 2.35. The molecule has 0 saturated carbocycles. The van der Waals surface area contributed by atoms with Crippen molar-refractivity contribution in [2.75, 3.05) is 4.90 Å². The van der Waals surface area contributed by atoms with Gasteiger partial charge in [0, 0.05) is 32.7 Å². The van der Waals surface area contributed by atoms with Crippen LogP contribution in [0.15, 0.2) is 72.3 Å². The number of amides is 2. The van der Waals surface area contributed by atoms with Crippen LogP contribution in [0.25, 0.3) is 11.8 Å². The van der Waals surface area contributed by atoms with Gasteiger partial charge in [-0.15, -0.1) is 0 Å². The van der Waals surface area contributed by atoms with E-state index >= 15 is 0 Å². The number of anilines is 1. The van der Waals surface area contributed by atoms with Gasteiger partial charge in [-0.05, 0) is 98.4 Å². The fraction of sp³-hybridized carbons (Fsp3) is 0.100. The lowest BCUT2D eigenvalue weighted by atomic mass is 10.1. The molecule has 1 N–H and O–H groups in total. The standard InChI is InChI=1S/C30H21Cl3FN3O3S/c1-16-11-19(12-24-28(38)35-30(41)37(29(24)39)22-7-10-27(34)26(33)14-22)17(2)36(16)21-5-8-23(9-6-21)40-15-18-3-4-20(31)13-25(18)32/h3-14H,15H2,1-2H3,(H,35,38,41)/b24-12+. The van der Waals surface area contributed by atoms with Crippen molar-refractivity contribution >= 4 is 75.7 Å². The zero-order valence-electron chi connectivity index (χ0n) is 21.7. The summed E-state index contributed by atoms with van der Waals surface area (Å²) < 4.78 is 21.6. The third-order valence-electron chi connectivity index (χ3n) is 6.54. The number of carbonyl (C=O) groups excluding carboxylic acids is 2. The Kier molecular flexibility index (Phi) is 8.20. The molecule has 3 aromatic carbocycles. The van der Waals surface area contributed by atoms with Crippen molar-refractivity contribution in [1.82, 2.24) is 9.88 Å². The topological polar surface area (TPSA) is 63.6 Å². The van der Waals surface area contributed by atoms with Crippen molar-refractivity contribution in [3.63, 3.8) is 0 Å². The van der Waals surface area contributed by atoms with Gasteiger partial charge in [-0.1, -0.05) is 40.9 Å². The maximum Gasteiger partial charge on any atom is 0.270 e. The molecule has 1 aliphatic rings. The van der Waals surface area contributed by atoms with E-state index in [0.717, 1.165) is 33.6 Å². The summed E-state index contributed by atoms with van der Waals surface area (Å²) in [6, 6.07) is 18.4. The Bertz CT molecular complexity index is 1750. The predicted octanol–water partition coefficient (Wildman–Crippen LogP) is 7.60. The smallest absolute Gasteiger partial charge is 0.270 e. The second-order valence-electron chi connectivity index (χ2n) is 9.24. The molecule has 208 valence electrons. The molecular weight excluding hydrogens is 608 g/mol. The van der Waals surface area contributed by atoms with Gasteiger partial charge in [0.25, 0.3) is 11.8 Å². The van der Waals surface area contributed by atoms with E-state index in [-0.39, 0.29) is 28.0 Å². The SMILES string of the molecule is Cc1cc(/C=C2\C(=O)NC(=S)N(c3ccc(F)c(Cl)c3)C2=O)c(C)n1-c1ccc(OCc2ccc(Cl)cc2Cl)cc1. The van der Waals surface area contributed by atoms with E-state index in [1.807, 2.05) is 54.8 Å². The van der Waals surface area contributed by atoms with Crippen molar-refractivity contribution in [2.24, 2.45) is 0 Å². The third kappa shape index (κ3) is 5.87. The molecule has 1 fully saturated rings. The van der Waals surface area contributed by atoms with Crippen LogP contribution in [0.1, 0.15) is 22.5 Å². The van der Waals surface area contributed by atoms with Gasteiger partial charge in [0.05, 0.1) is 10.7 Å². The minimum atomic E-state index is -0.645. The number of halogens is 4. The van der Waals surface area contributed by atoms with E-state index in [2.05, 4.69) is 5.32 Å². The molecule has 0 aliphatic carbocycles. The zero-order valence-corrected chi connectivity index (χ0v) is 24.8. The van der Waals surface area contributed by atoms with E-state index < -0.39 is 17.6 Å². The monoisotopic (exact) mass is 627 g/mol. The average Bonchev–Trinajstić information content (AvgIpc) is 3.20. The first kappa shape index (κ1) is 28.8. The Labute approximate surface area is 255 Å². The van der Waals surface area contributed by atoms with Crippen LogP contribution < -0.4 is 15.0 Å². The lowest BCUT2D eigenvalue weighted by Crippen LogP contribution is -2.54. The number of nitrogens with one attached hydrogen (secondary N) is 1. The maximum atomic E-state index is 13.7. The summed E-state index contributed by atoms with van der Waals surface area (Å²) in [6.45, 7) is 4.10. The number of carbonyl (C=O) groups is 2. The van der Waals surface area contributed by atoms with Crippen LogP contribution in [0.2, 0.25) is 15.1 Å². The number of aryl methyl sites for hydroxylation is 1. The number of aromatic nitrogens is 1. The van der Waals surface area contributed by atoms with Crippen molar-refractivity contribution in [3.8, 4) is 11.4 Å². The highest BCUT2D eigenvalue weighted by Crippen LogP contribution is 2.29. The second-order valence-corrected chi connectivity index (χ2v) is 10.9. The number of benzene rings is 3. The molecule has 11 heteroatoms. The number of rotatable bonds is 6. The Morgan fingerprint density at radius 1 is 0.927 bits per heavy atom.